The summed E-state index contributed by atoms with van der Waals surface area (Å²) in [5, 5.41) is 8.61. The molecule has 0 saturated carbocycles. The lowest BCUT2D eigenvalue weighted by atomic mass is 10.2. The molecular weight excluding hydrogens is 190 g/mol. The van der Waals surface area contributed by atoms with E-state index in [4.69, 9.17) is 5.21 Å². The average molecular weight is 205 g/mol. The number of fused-ring (bicyclic) bond motifs is 1. The van der Waals surface area contributed by atoms with Crippen LogP contribution in [0, 0.1) is 0 Å². The summed E-state index contributed by atoms with van der Waals surface area (Å²) in [5.74, 6) is 0. The van der Waals surface area contributed by atoms with Gasteiger partial charge in [-0.2, -0.15) is 0 Å². The molecule has 4 nitrogen and oxygen atoms in total. The fourth-order valence-corrected chi connectivity index (χ4v) is 1.69. The number of hydrogen-bond donors (Lipinski definition) is 2. The highest BCUT2D eigenvalue weighted by molar-refractivity contribution is 5.76. The molecule has 0 amide bonds. The molecule has 2 N–H and O–H groups in total. The summed E-state index contributed by atoms with van der Waals surface area (Å²) in [6.45, 7) is 4.71. The zero-order valence-electron chi connectivity index (χ0n) is 8.94. The number of hydroxylamine groups is 1. The molecule has 0 atom stereocenters. The van der Waals surface area contributed by atoms with Crippen LogP contribution in [0.5, 0.6) is 0 Å². The molecule has 2 aromatic rings. The molecule has 0 aliphatic carbocycles. The summed E-state index contributed by atoms with van der Waals surface area (Å²) in [6, 6.07) is 6.43. The summed E-state index contributed by atoms with van der Waals surface area (Å²) in [4.78, 5) is 4.34. The molecule has 0 aliphatic heterocycles. The van der Waals surface area contributed by atoms with Gasteiger partial charge in [-0.05, 0) is 31.5 Å². The minimum Gasteiger partial charge on any atom is -0.328 e. The van der Waals surface area contributed by atoms with E-state index in [1.807, 2.05) is 24.5 Å². The van der Waals surface area contributed by atoms with Crippen molar-refractivity contribution in [2.24, 2.45) is 0 Å². The number of aromatic nitrogens is 2. The van der Waals surface area contributed by atoms with Crippen LogP contribution in [0.3, 0.4) is 0 Å². The Kier molecular flexibility index (Phi) is 2.70. The standard InChI is InChI=1S/C11H15N3O/c1-8(2)14-7-12-10-5-9(6-13-15)3-4-11(10)14/h3-5,7-8,13,15H,6H2,1-2H3. The first-order chi connectivity index (χ1) is 7.22. The fourth-order valence-electron chi connectivity index (χ4n) is 1.69. The third-order valence-electron chi connectivity index (χ3n) is 2.48. The summed E-state index contributed by atoms with van der Waals surface area (Å²) in [6.07, 6.45) is 1.85. The number of nitrogens with zero attached hydrogens (tertiary/aromatic N) is 2. The van der Waals surface area contributed by atoms with Crippen molar-refractivity contribution in [1.82, 2.24) is 15.0 Å². The van der Waals surface area contributed by atoms with Gasteiger partial charge in [-0.3, -0.25) is 0 Å². The first-order valence-electron chi connectivity index (χ1n) is 5.05. The molecule has 1 heterocycles. The topological polar surface area (TPSA) is 50.1 Å². The van der Waals surface area contributed by atoms with Gasteiger partial charge in [-0.15, -0.1) is 0 Å². The molecule has 1 aromatic carbocycles. The zero-order chi connectivity index (χ0) is 10.8. The Labute approximate surface area is 88.5 Å². The number of hydrogen-bond acceptors (Lipinski definition) is 3. The number of nitrogens with one attached hydrogen (secondary N) is 1. The molecule has 80 valence electrons. The highest BCUT2D eigenvalue weighted by Gasteiger charge is 2.05. The minimum absolute atomic E-state index is 0.414. The summed E-state index contributed by atoms with van der Waals surface area (Å²) in [5.41, 5.74) is 5.27. The van der Waals surface area contributed by atoms with E-state index in [0.717, 1.165) is 16.6 Å². The summed E-state index contributed by atoms with van der Waals surface area (Å²) in [7, 11) is 0. The maximum absolute atomic E-state index is 8.61. The fraction of sp³-hybridized carbons (Fsp3) is 0.364. The molecule has 1 aromatic heterocycles. The third kappa shape index (κ3) is 1.86. The van der Waals surface area contributed by atoms with Crippen molar-refractivity contribution < 1.29 is 5.21 Å². The van der Waals surface area contributed by atoms with Crippen molar-refractivity contribution in [3.63, 3.8) is 0 Å². The molecule has 0 saturated heterocycles. The van der Waals surface area contributed by atoms with Gasteiger partial charge in [0, 0.05) is 12.6 Å². The lowest BCUT2D eigenvalue weighted by molar-refractivity contribution is 0.161. The largest absolute Gasteiger partial charge is 0.328 e. The van der Waals surface area contributed by atoms with E-state index in [1.54, 1.807) is 0 Å². The Bertz CT molecular complexity index is 462. The number of rotatable bonds is 3. The highest BCUT2D eigenvalue weighted by Crippen LogP contribution is 2.18. The van der Waals surface area contributed by atoms with Crippen molar-refractivity contribution in [1.29, 1.82) is 0 Å². The van der Waals surface area contributed by atoms with E-state index in [1.165, 1.54) is 0 Å². The molecule has 0 unspecified atom stereocenters. The van der Waals surface area contributed by atoms with Crippen LogP contribution in [0.1, 0.15) is 25.5 Å². The molecule has 0 aliphatic rings. The lowest BCUT2D eigenvalue weighted by Gasteiger charge is -2.07. The molecule has 0 fully saturated rings. The monoisotopic (exact) mass is 205 g/mol. The Morgan fingerprint density at radius 2 is 2.27 bits per heavy atom. The lowest BCUT2D eigenvalue weighted by Crippen LogP contribution is -2.05. The molecule has 0 bridgehead atoms. The molecule has 4 heteroatoms. The average Bonchev–Trinajstić information content (AvgIpc) is 2.61. The maximum atomic E-state index is 8.61. The number of imidazole rings is 1. The Hall–Kier alpha value is -1.39. The van der Waals surface area contributed by atoms with Crippen LogP contribution in [0.25, 0.3) is 11.0 Å². The van der Waals surface area contributed by atoms with Gasteiger partial charge < -0.3 is 9.77 Å². The first kappa shape index (κ1) is 10.1. The van der Waals surface area contributed by atoms with Crippen molar-refractivity contribution in [2.75, 3.05) is 0 Å². The van der Waals surface area contributed by atoms with Crippen LogP contribution in [0.15, 0.2) is 24.5 Å². The molecule has 15 heavy (non-hydrogen) atoms. The highest BCUT2D eigenvalue weighted by atomic mass is 16.5. The molecule has 0 spiro atoms. The van der Waals surface area contributed by atoms with Gasteiger partial charge in [0.1, 0.15) is 0 Å². The smallest absolute Gasteiger partial charge is 0.0960 e. The van der Waals surface area contributed by atoms with E-state index in [9.17, 15) is 0 Å². The van der Waals surface area contributed by atoms with Crippen LogP contribution < -0.4 is 5.48 Å². The van der Waals surface area contributed by atoms with E-state index in [-0.39, 0.29) is 0 Å². The molecule has 2 rings (SSSR count). The summed E-state index contributed by atoms with van der Waals surface area (Å²) >= 11 is 0. The Balaban J connectivity index is 2.47. The predicted molar refractivity (Wildman–Crippen MR) is 58.7 cm³/mol. The number of benzene rings is 1. The maximum Gasteiger partial charge on any atom is 0.0960 e. The predicted octanol–water partition coefficient (Wildman–Crippen LogP) is 2.10. The second-order valence-electron chi connectivity index (χ2n) is 3.90. The second kappa shape index (κ2) is 4.00. The van der Waals surface area contributed by atoms with Crippen LogP contribution >= 0.6 is 0 Å². The third-order valence-corrected chi connectivity index (χ3v) is 2.48. The van der Waals surface area contributed by atoms with Crippen molar-refractivity contribution in [3.8, 4) is 0 Å². The van der Waals surface area contributed by atoms with E-state index < -0.39 is 0 Å². The van der Waals surface area contributed by atoms with Gasteiger partial charge in [0.25, 0.3) is 0 Å². The van der Waals surface area contributed by atoms with Gasteiger partial charge in [0.2, 0.25) is 0 Å². The normalized spacial score (nSPS) is 11.5. The zero-order valence-corrected chi connectivity index (χ0v) is 8.94. The molecule has 0 radical (unpaired) electrons. The van der Waals surface area contributed by atoms with Gasteiger partial charge in [0.15, 0.2) is 0 Å². The SMILES string of the molecule is CC(C)n1cnc2cc(CNO)ccc21. The summed E-state index contributed by atoms with van der Waals surface area (Å²) < 4.78 is 2.13. The van der Waals surface area contributed by atoms with Gasteiger partial charge >= 0.3 is 0 Å². The first-order valence-corrected chi connectivity index (χ1v) is 5.05. The van der Waals surface area contributed by atoms with Crippen molar-refractivity contribution in [3.05, 3.63) is 30.1 Å². The van der Waals surface area contributed by atoms with Crippen LogP contribution in [0.2, 0.25) is 0 Å². The van der Waals surface area contributed by atoms with E-state index in [2.05, 4.69) is 28.9 Å². The van der Waals surface area contributed by atoms with Crippen LogP contribution in [-0.2, 0) is 6.54 Å². The van der Waals surface area contributed by atoms with Gasteiger partial charge in [-0.25, -0.2) is 10.5 Å². The van der Waals surface area contributed by atoms with Gasteiger partial charge in [0.05, 0.1) is 17.4 Å². The van der Waals surface area contributed by atoms with Gasteiger partial charge in [-0.1, -0.05) is 6.07 Å². The minimum atomic E-state index is 0.414. The molecular formula is C11H15N3O. The van der Waals surface area contributed by atoms with Crippen LogP contribution in [-0.4, -0.2) is 14.8 Å². The second-order valence-corrected chi connectivity index (χ2v) is 3.90. The van der Waals surface area contributed by atoms with E-state index >= 15 is 0 Å². The Morgan fingerprint density at radius 3 is 2.93 bits per heavy atom. The Morgan fingerprint density at radius 1 is 1.47 bits per heavy atom. The van der Waals surface area contributed by atoms with Crippen molar-refractivity contribution >= 4 is 11.0 Å². The van der Waals surface area contributed by atoms with Crippen LogP contribution in [0.4, 0.5) is 0 Å². The quantitative estimate of drug-likeness (QED) is 0.754. The van der Waals surface area contributed by atoms with Crippen molar-refractivity contribution in [2.45, 2.75) is 26.4 Å². The van der Waals surface area contributed by atoms with E-state index in [0.29, 0.717) is 12.6 Å².